The van der Waals surface area contributed by atoms with Gasteiger partial charge in [-0.15, -0.1) is 0 Å². The number of nitriles is 1. The molecule has 0 saturated heterocycles. The summed E-state index contributed by atoms with van der Waals surface area (Å²) >= 11 is 0. The second-order valence-electron chi connectivity index (χ2n) is 7.81. The zero-order chi connectivity index (χ0) is 22.0. The molecule has 0 fully saturated rings. The van der Waals surface area contributed by atoms with E-state index in [1.807, 2.05) is 48.5 Å². The Labute approximate surface area is 181 Å². The van der Waals surface area contributed by atoms with E-state index in [1.165, 1.54) is 0 Å². The topological polar surface area (TPSA) is 59.3 Å². The van der Waals surface area contributed by atoms with Gasteiger partial charge in [0.25, 0.3) is 0 Å². The molecule has 4 rings (SSSR count). The minimum absolute atomic E-state index is 0.267. The van der Waals surface area contributed by atoms with Crippen LogP contribution in [0.2, 0.25) is 0 Å². The van der Waals surface area contributed by atoms with Crippen LogP contribution in [0, 0.1) is 11.3 Å². The molecule has 0 saturated carbocycles. The zero-order valence-electron chi connectivity index (χ0n) is 17.8. The average Bonchev–Trinajstić information content (AvgIpc) is 2.78. The van der Waals surface area contributed by atoms with Crippen molar-refractivity contribution in [3.8, 4) is 22.9 Å². The number of rotatable bonds is 5. The Balaban J connectivity index is 2.04. The van der Waals surface area contributed by atoms with Crippen LogP contribution in [0.25, 0.3) is 32.7 Å². The largest absolute Gasteiger partial charge is 0.475 e. The van der Waals surface area contributed by atoms with Crippen LogP contribution in [-0.4, -0.2) is 18.2 Å². The van der Waals surface area contributed by atoms with Crippen LogP contribution in [0.5, 0.6) is 5.75 Å². The van der Waals surface area contributed by atoms with Crippen LogP contribution in [0.4, 0.5) is 0 Å². The lowest BCUT2D eigenvalue weighted by atomic mass is 9.91. The van der Waals surface area contributed by atoms with Gasteiger partial charge in [-0.05, 0) is 48.6 Å². The summed E-state index contributed by atoms with van der Waals surface area (Å²) in [6.45, 7) is 5.39. The first-order valence-electron chi connectivity index (χ1n) is 10.3. The highest BCUT2D eigenvalue weighted by Crippen LogP contribution is 2.43. The zero-order valence-corrected chi connectivity index (χ0v) is 17.8. The van der Waals surface area contributed by atoms with Crippen molar-refractivity contribution in [3.05, 3.63) is 78.4 Å². The number of fused-ring (bicyclic) bond motifs is 2. The lowest BCUT2D eigenvalue weighted by Crippen LogP contribution is -2.39. The van der Waals surface area contributed by atoms with Gasteiger partial charge in [0.05, 0.1) is 18.2 Å². The molecule has 4 heteroatoms. The smallest absolute Gasteiger partial charge is 0.349 e. The predicted octanol–water partition coefficient (Wildman–Crippen LogP) is 6.25. The number of ether oxygens (including phenoxy) is 2. The molecule has 0 amide bonds. The molecule has 31 heavy (non-hydrogen) atoms. The normalized spacial score (nSPS) is 11.3. The van der Waals surface area contributed by atoms with Crippen molar-refractivity contribution in [2.75, 3.05) is 6.61 Å². The lowest BCUT2D eigenvalue weighted by molar-refractivity contribution is -0.158. The molecule has 0 spiro atoms. The Hall–Kier alpha value is -3.84. The third kappa shape index (κ3) is 3.71. The van der Waals surface area contributed by atoms with E-state index in [4.69, 9.17) is 9.47 Å². The van der Waals surface area contributed by atoms with Crippen LogP contribution in [0.3, 0.4) is 0 Å². The van der Waals surface area contributed by atoms with E-state index in [2.05, 4.69) is 24.3 Å². The molecule has 0 unspecified atom stereocenters. The summed E-state index contributed by atoms with van der Waals surface area (Å²) in [4.78, 5) is 12.5. The molecule has 4 nitrogen and oxygen atoms in total. The SMILES string of the molecule is CCOC(=O)C(C)(C)Oc1cc(C#N)c2ccccc2c1-c1cccc2ccccc12. The molecule has 0 radical (unpaired) electrons. The number of hydrogen-bond acceptors (Lipinski definition) is 4. The quantitative estimate of drug-likeness (QED) is 0.365. The van der Waals surface area contributed by atoms with Gasteiger partial charge >= 0.3 is 5.97 Å². The van der Waals surface area contributed by atoms with Crippen LogP contribution in [-0.2, 0) is 9.53 Å². The molecular weight excluding hydrogens is 386 g/mol. The van der Waals surface area contributed by atoms with Gasteiger partial charge < -0.3 is 9.47 Å². The molecule has 0 aliphatic rings. The second kappa shape index (κ2) is 8.12. The Bertz CT molecular complexity index is 1330. The number of hydrogen-bond donors (Lipinski definition) is 0. The molecule has 0 heterocycles. The molecule has 0 bridgehead atoms. The summed E-state index contributed by atoms with van der Waals surface area (Å²) in [5.41, 5.74) is 1.11. The Morgan fingerprint density at radius 3 is 2.29 bits per heavy atom. The minimum Gasteiger partial charge on any atom is -0.475 e. The van der Waals surface area contributed by atoms with Crippen molar-refractivity contribution in [2.45, 2.75) is 26.4 Å². The fourth-order valence-electron chi connectivity index (χ4n) is 3.87. The monoisotopic (exact) mass is 409 g/mol. The Morgan fingerprint density at radius 1 is 0.935 bits per heavy atom. The first-order chi connectivity index (χ1) is 15.0. The van der Waals surface area contributed by atoms with E-state index in [1.54, 1.807) is 26.8 Å². The maximum Gasteiger partial charge on any atom is 0.349 e. The summed E-state index contributed by atoms with van der Waals surface area (Å²) < 4.78 is 11.5. The first-order valence-corrected chi connectivity index (χ1v) is 10.3. The van der Waals surface area contributed by atoms with Crippen molar-refractivity contribution >= 4 is 27.5 Å². The van der Waals surface area contributed by atoms with E-state index in [9.17, 15) is 10.1 Å². The van der Waals surface area contributed by atoms with Crippen LogP contribution in [0.1, 0.15) is 26.3 Å². The molecule has 4 aromatic rings. The Morgan fingerprint density at radius 2 is 1.58 bits per heavy atom. The van der Waals surface area contributed by atoms with Crippen molar-refractivity contribution in [1.82, 2.24) is 0 Å². The molecule has 4 aromatic carbocycles. The predicted molar refractivity (Wildman–Crippen MR) is 123 cm³/mol. The van der Waals surface area contributed by atoms with Gasteiger partial charge in [-0.2, -0.15) is 5.26 Å². The van der Waals surface area contributed by atoms with Gasteiger partial charge in [-0.25, -0.2) is 4.79 Å². The highest BCUT2D eigenvalue weighted by Gasteiger charge is 2.33. The van der Waals surface area contributed by atoms with Crippen LogP contribution < -0.4 is 4.74 Å². The van der Waals surface area contributed by atoms with Crippen molar-refractivity contribution < 1.29 is 14.3 Å². The summed E-state index contributed by atoms with van der Waals surface area (Å²) in [5.74, 6) is 0.0233. The fraction of sp³-hybridized carbons (Fsp3) is 0.185. The van der Waals surface area contributed by atoms with Crippen molar-refractivity contribution in [1.29, 1.82) is 5.26 Å². The maximum atomic E-state index is 12.5. The number of carbonyl (C=O) groups excluding carboxylic acids is 1. The van der Waals surface area contributed by atoms with E-state index < -0.39 is 11.6 Å². The molecular formula is C27H23NO3. The average molecular weight is 409 g/mol. The first kappa shape index (κ1) is 20.4. The van der Waals surface area contributed by atoms with Gasteiger partial charge in [0, 0.05) is 10.9 Å². The molecule has 0 aliphatic heterocycles. The van der Waals surface area contributed by atoms with Gasteiger partial charge in [-0.1, -0.05) is 66.7 Å². The minimum atomic E-state index is -1.22. The van der Waals surface area contributed by atoms with Crippen LogP contribution in [0.15, 0.2) is 72.8 Å². The number of carbonyl (C=O) groups is 1. The Kier molecular flexibility index (Phi) is 5.35. The van der Waals surface area contributed by atoms with Crippen molar-refractivity contribution in [3.63, 3.8) is 0 Å². The third-order valence-corrected chi connectivity index (χ3v) is 5.32. The summed E-state index contributed by atoms with van der Waals surface area (Å²) in [7, 11) is 0. The lowest BCUT2D eigenvalue weighted by Gasteiger charge is -2.27. The number of esters is 1. The van der Waals surface area contributed by atoms with Crippen LogP contribution >= 0.6 is 0 Å². The third-order valence-electron chi connectivity index (χ3n) is 5.32. The molecule has 0 aromatic heterocycles. The van der Waals surface area contributed by atoms with Crippen molar-refractivity contribution in [2.24, 2.45) is 0 Å². The van der Waals surface area contributed by atoms with Gasteiger partial charge in [0.1, 0.15) is 5.75 Å². The summed E-state index contributed by atoms with van der Waals surface area (Å²) in [5, 5.41) is 13.7. The maximum absolute atomic E-state index is 12.5. The van der Waals surface area contributed by atoms with E-state index >= 15 is 0 Å². The molecule has 0 atom stereocenters. The van der Waals surface area contributed by atoms with Gasteiger partial charge in [-0.3, -0.25) is 0 Å². The highest BCUT2D eigenvalue weighted by molar-refractivity contribution is 6.09. The van der Waals surface area contributed by atoms with Gasteiger partial charge in [0.15, 0.2) is 5.60 Å². The standard InChI is InChI=1S/C27H23NO3/c1-4-30-26(29)27(2,3)31-24-16-19(17-28)21-13-7-8-14-22(21)25(24)23-15-9-11-18-10-5-6-12-20(18)23/h5-16H,4H2,1-3H3. The summed E-state index contributed by atoms with van der Waals surface area (Å²) in [6.07, 6.45) is 0. The molecule has 0 N–H and O–H groups in total. The highest BCUT2D eigenvalue weighted by atomic mass is 16.6. The molecule has 0 aliphatic carbocycles. The fourth-order valence-corrected chi connectivity index (χ4v) is 3.87. The van der Waals surface area contributed by atoms with Gasteiger partial charge in [0.2, 0.25) is 0 Å². The summed E-state index contributed by atoms with van der Waals surface area (Å²) in [6, 6.07) is 26.0. The number of nitrogens with zero attached hydrogens (tertiary/aromatic N) is 1. The molecule has 154 valence electrons. The van der Waals surface area contributed by atoms with E-state index in [0.29, 0.717) is 11.3 Å². The van der Waals surface area contributed by atoms with E-state index in [-0.39, 0.29) is 6.61 Å². The number of benzene rings is 4. The van der Waals surface area contributed by atoms with E-state index in [0.717, 1.165) is 32.7 Å². The second-order valence-corrected chi connectivity index (χ2v) is 7.81.